The molecule has 0 heterocycles. The van der Waals surface area contributed by atoms with Crippen LogP contribution >= 0.6 is 0 Å². The normalized spacial score (nSPS) is 10.3. The molecule has 1 aromatic carbocycles. The van der Waals surface area contributed by atoms with Gasteiger partial charge >= 0.3 is 5.97 Å². The zero-order valence-corrected chi connectivity index (χ0v) is 9.30. The summed E-state index contributed by atoms with van der Waals surface area (Å²) in [7, 11) is 0. The summed E-state index contributed by atoms with van der Waals surface area (Å²) < 4.78 is 31.7. The molecule has 6 heteroatoms. The molecule has 0 amide bonds. The summed E-state index contributed by atoms with van der Waals surface area (Å²) in [6.07, 6.45) is 0. The fourth-order valence-corrected chi connectivity index (χ4v) is 1.26. The van der Waals surface area contributed by atoms with E-state index in [0.717, 1.165) is 12.1 Å². The molecule has 0 aliphatic heterocycles. The SMILES string of the molecule is CCOCCNc1c(F)cc(C(=O)O)cc1F. The summed E-state index contributed by atoms with van der Waals surface area (Å²) in [4.78, 5) is 10.5. The van der Waals surface area contributed by atoms with E-state index in [4.69, 9.17) is 9.84 Å². The molecular weight excluding hydrogens is 232 g/mol. The largest absolute Gasteiger partial charge is 0.478 e. The lowest BCUT2D eigenvalue weighted by atomic mass is 10.2. The Balaban J connectivity index is 2.76. The van der Waals surface area contributed by atoms with Crippen LogP contribution in [-0.2, 0) is 4.74 Å². The fraction of sp³-hybridized carbons (Fsp3) is 0.364. The van der Waals surface area contributed by atoms with E-state index in [1.54, 1.807) is 0 Å². The van der Waals surface area contributed by atoms with Crippen LogP contribution in [0.5, 0.6) is 0 Å². The topological polar surface area (TPSA) is 58.6 Å². The van der Waals surface area contributed by atoms with Crippen molar-refractivity contribution in [1.29, 1.82) is 0 Å². The van der Waals surface area contributed by atoms with Gasteiger partial charge in [0.05, 0.1) is 12.2 Å². The summed E-state index contributed by atoms with van der Waals surface area (Å²) in [5, 5.41) is 11.1. The summed E-state index contributed by atoms with van der Waals surface area (Å²) in [5.74, 6) is -3.23. The van der Waals surface area contributed by atoms with Crippen molar-refractivity contribution in [3.05, 3.63) is 29.3 Å². The predicted octanol–water partition coefficient (Wildman–Crippen LogP) is 2.11. The Morgan fingerprint density at radius 2 is 2.00 bits per heavy atom. The number of benzene rings is 1. The smallest absolute Gasteiger partial charge is 0.335 e. The van der Waals surface area contributed by atoms with Crippen molar-refractivity contribution >= 4 is 11.7 Å². The Morgan fingerprint density at radius 1 is 1.41 bits per heavy atom. The highest BCUT2D eigenvalue weighted by molar-refractivity contribution is 5.88. The summed E-state index contributed by atoms with van der Waals surface area (Å²) in [6, 6.07) is 1.54. The van der Waals surface area contributed by atoms with Crippen LogP contribution in [0, 0.1) is 11.6 Å². The number of carboxylic acids is 1. The fourth-order valence-electron chi connectivity index (χ4n) is 1.26. The van der Waals surface area contributed by atoms with E-state index in [9.17, 15) is 13.6 Å². The summed E-state index contributed by atoms with van der Waals surface area (Å²) in [6.45, 7) is 2.89. The molecule has 0 aromatic heterocycles. The average molecular weight is 245 g/mol. The molecule has 0 bridgehead atoms. The van der Waals surface area contributed by atoms with Crippen LogP contribution in [0.25, 0.3) is 0 Å². The van der Waals surface area contributed by atoms with Gasteiger partial charge in [-0.2, -0.15) is 0 Å². The molecular formula is C11H13F2NO3. The third-order valence-electron chi connectivity index (χ3n) is 2.04. The lowest BCUT2D eigenvalue weighted by Crippen LogP contribution is -2.12. The van der Waals surface area contributed by atoms with Gasteiger partial charge < -0.3 is 15.2 Å². The molecule has 0 spiro atoms. The minimum absolute atomic E-state index is 0.244. The third kappa shape index (κ3) is 3.67. The molecule has 0 fully saturated rings. The lowest BCUT2D eigenvalue weighted by molar-refractivity contribution is 0.0696. The van der Waals surface area contributed by atoms with Gasteiger partial charge in [-0.3, -0.25) is 0 Å². The number of hydrogen-bond acceptors (Lipinski definition) is 3. The Morgan fingerprint density at radius 3 is 2.47 bits per heavy atom. The highest BCUT2D eigenvalue weighted by atomic mass is 19.1. The molecule has 0 unspecified atom stereocenters. The van der Waals surface area contributed by atoms with Gasteiger partial charge in [-0.1, -0.05) is 0 Å². The van der Waals surface area contributed by atoms with Crippen LogP contribution in [0.1, 0.15) is 17.3 Å². The van der Waals surface area contributed by atoms with E-state index in [2.05, 4.69) is 5.32 Å². The number of carbonyl (C=O) groups is 1. The zero-order valence-electron chi connectivity index (χ0n) is 9.30. The lowest BCUT2D eigenvalue weighted by Gasteiger charge is -2.09. The van der Waals surface area contributed by atoms with E-state index in [0.29, 0.717) is 13.2 Å². The maximum absolute atomic E-state index is 13.4. The molecule has 0 saturated heterocycles. The number of carboxylic acid groups (broad SMARTS) is 1. The second-order valence-corrected chi connectivity index (χ2v) is 3.24. The Hall–Kier alpha value is -1.69. The molecule has 0 aliphatic rings. The van der Waals surface area contributed by atoms with Gasteiger partial charge in [-0.25, -0.2) is 13.6 Å². The number of anilines is 1. The zero-order chi connectivity index (χ0) is 12.8. The van der Waals surface area contributed by atoms with Gasteiger partial charge in [-0.15, -0.1) is 0 Å². The van der Waals surface area contributed by atoms with Crippen molar-refractivity contribution < 1.29 is 23.4 Å². The van der Waals surface area contributed by atoms with Gasteiger partial charge in [0.2, 0.25) is 0 Å². The standard InChI is InChI=1S/C11H13F2NO3/c1-2-17-4-3-14-10-8(12)5-7(11(15)16)6-9(10)13/h5-6,14H,2-4H2,1H3,(H,15,16). The van der Waals surface area contributed by atoms with E-state index in [-0.39, 0.29) is 12.2 Å². The number of halogens is 2. The molecule has 0 aliphatic carbocycles. The second-order valence-electron chi connectivity index (χ2n) is 3.24. The quantitative estimate of drug-likeness (QED) is 0.753. The van der Waals surface area contributed by atoms with E-state index in [1.807, 2.05) is 6.92 Å². The van der Waals surface area contributed by atoms with E-state index < -0.39 is 23.2 Å². The van der Waals surface area contributed by atoms with Crippen LogP contribution in [0.4, 0.5) is 14.5 Å². The van der Waals surface area contributed by atoms with Crippen LogP contribution in [0.3, 0.4) is 0 Å². The molecule has 2 N–H and O–H groups in total. The molecule has 94 valence electrons. The first-order chi connectivity index (χ1) is 8.06. The van der Waals surface area contributed by atoms with Crippen LogP contribution in [0.2, 0.25) is 0 Å². The minimum Gasteiger partial charge on any atom is -0.478 e. The van der Waals surface area contributed by atoms with Gasteiger partial charge in [0.1, 0.15) is 17.3 Å². The number of nitrogens with one attached hydrogen (secondary N) is 1. The Labute approximate surface area is 97.2 Å². The molecule has 0 radical (unpaired) electrons. The average Bonchev–Trinajstić information content (AvgIpc) is 2.26. The highest BCUT2D eigenvalue weighted by Crippen LogP contribution is 2.20. The van der Waals surface area contributed by atoms with Crippen molar-refractivity contribution in [2.24, 2.45) is 0 Å². The first-order valence-electron chi connectivity index (χ1n) is 5.10. The monoisotopic (exact) mass is 245 g/mol. The minimum atomic E-state index is -1.37. The van der Waals surface area contributed by atoms with Crippen LogP contribution in [0.15, 0.2) is 12.1 Å². The van der Waals surface area contributed by atoms with Crippen molar-refractivity contribution in [1.82, 2.24) is 0 Å². The predicted molar refractivity (Wildman–Crippen MR) is 58.3 cm³/mol. The molecule has 1 rings (SSSR count). The maximum Gasteiger partial charge on any atom is 0.335 e. The number of hydrogen-bond donors (Lipinski definition) is 2. The molecule has 1 aromatic rings. The van der Waals surface area contributed by atoms with Crippen molar-refractivity contribution in [2.75, 3.05) is 25.1 Å². The van der Waals surface area contributed by atoms with Crippen molar-refractivity contribution in [3.8, 4) is 0 Å². The number of rotatable bonds is 6. The number of ether oxygens (including phenoxy) is 1. The molecule has 17 heavy (non-hydrogen) atoms. The van der Waals surface area contributed by atoms with E-state index in [1.165, 1.54) is 0 Å². The van der Waals surface area contributed by atoms with E-state index >= 15 is 0 Å². The molecule has 0 saturated carbocycles. The van der Waals surface area contributed by atoms with Gasteiger partial charge in [0.15, 0.2) is 0 Å². The molecule has 0 atom stereocenters. The van der Waals surface area contributed by atoms with Crippen LogP contribution in [-0.4, -0.2) is 30.8 Å². The first-order valence-corrected chi connectivity index (χ1v) is 5.10. The molecule has 4 nitrogen and oxygen atoms in total. The van der Waals surface area contributed by atoms with Crippen molar-refractivity contribution in [3.63, 3.8) is 0 Å². The third-order valence-corrected chi connectivity index (χ3v) is 2.04. The van der Waals surface area contributed by atoms with Gasteiger partial charge in [0, 0.05) is 13.2 Å². The first kappa shape index (κ1) is 13.4. The second kappa shape index (κ2) is 6.15. The number of aromatic carboxylic acids is 1. The summed E-state index contributed by atoms with van der Waals surface area (Å²) >= 11 is 0. The Bertz CT molecular complexity index is 387. The van der Waals surface area contributed by atoms with Gasteiger partial charge in [-0.05, 0) is 19.1 Å². The summed E-state index contributed by atoms with van der Waals surface area (Å²) in [5.41, 5.74) is -0.759. The van der Waals surface area contributed by atoms with Crippen molar-refractivity contribution in [2.45, 2.75) is 6.92 Å². The van der Waals surface area contributed by atoms with Crippen LogP contribution < -0.4 is 5.32 Å². The Kier molecular flexibility index (Phi) is 4.84. The highest BCUT2D eigenvalue weighted by Gasteiger charge is 2.13. The van der Waals surface area contributed by atoms with Gasteiger partial charge in [0.25, 0.3) is 0 Å². The maximum atomic E-state index is 13.4.